The molecule has 33 heavy (non-hydrogen) atoms. The molecule has 0 bridgehead atoms. The molecule has 0 aliphatic carbocycles. The molecule has 3 rings (SSSR count). The van der Waals surface area contributed by atoms with Crippen LogP contribution in [0.5, 0.6) is 5.75 Å². The Kier molecular flexibility index (Phi) is 8.62. The van der Waals surface area contributed by atoms with Crippen molar-refractivity contribution in [2.75, 3.05) is 19.0 Å². The molecule has 0 aliphatic rings. The van der Waals surface area contributed by atoms with Gasteiger partial charge in [-0.25, -0.2) is 0 Å². The van der Waals surface area contributed by atoms with Crippen LogP contribution < -0.4 is 10.1 Å². The fourth-order valence-electron chi connectivity index (χ4n) is 3.45. The summed E-state index contributed by atoms with van der Waals surface area (Å²) in [5.41, 5.74) is 4.08. The number of aromatic nitrogens is 1. The number of nitrogens with zero attached hydrogens (tertiary/aromatic N) is 1. The number of anilines is 1. The maximum atomic E-state index is 5.46. The van der Waals surface area contributed by atoms with Crippen LogP contribution in [-0.2, 0) is 5.41 Å². The Balaban J connectivity index is 0.000000357. The second-order valence-electron chi connectivity index (χ2n) is 11.6. The van der Waals surface area contributed by atoms with Crippen molar-refractivity contribution in [3.63, 3.8) is 0 Å². The summed E-state index contributed by atoms with van der Waals surface area (Å²) in [6, 6.07) is 10.1. The predicted molar refractivity (Wildman–Crippen MR) is 141 cm³/mol. The Morgan fingerprint density at radius 1 is 1.00 bits per heavy atom. The number of ether oxygens (including phenoxy) is 1. The number of hydrogen-bond acceptors (Lipinski definition) is 4. The molecule has 0 saturated carbocycles. The lowest BCUT2D eigenvalue weighted by atomic mass is 9.67. The summed E-state index contributed by atoms with van der Waals surface area (Å²) in [4.78, 5) is 4.57. The summed E-state index contributed by atoms with van der Waals surface area (Å²) < 4.78 is 10.7. The Labute approximate surface area is 201 Å². The van der Waals surface area contributed by atoms with Crippen LogP contribution in [0.2, 0.25) is 0 Å². The van der Waals surface area contributed by atoms with E-state index in [0.29, 0.717) is 10.8 Å². The zero-order valence-corrected chi connectivity index (χ0v) is 22.4. The first kappa shape index (κ1) is 26.8. The number of aryl methyl sites for hydroxylation is 1. The van der Waals surface area contributed by atoms with E-state index in [-0.39, 0.29) is 5.41 Å². The number of furan rings is 1. The van der Waals surface area contributed by atoms with Gasteiger partial charge in [0.25, 0.3) is 0 Å². The van der Waals surface area contributed by atoms with Gasteiger partial charge in [-0.3, -0.25) is 4.98 Å². The SMILES string of the molecule is CC(C)(C)c1ccco1.COc1cc(NCCCC(C)(C)C(C)(C)C)c2nccc(C)c2c1. The van der Waals surface area contributed by atoms with E-state index in [4.69, 9.17) is 9.15 Å². The Bertz CT molecular complexity index is 1010. The van der Waals surface area contributed by atoms with Crippen LogP contribution in [0.1, 0.15) is 79.6 Å². The van der Waals surface area contributed by atoms with Crippen LogP contribution in [0.4, 0.5) is 5.69 Å². The van der Waals surface area contributed by atoms with Gasteiger partial charge in [-0.15, -0.1) is 0 Å². The van der Waals surface area contributed by atoms with Crippen LogP contribution in [0.25, 0.3) is 10.9 Å². The average molecular weight is 453 g/mol. The molecule has 2 heterocycles. The van der Waals surface area contributed by atoms with E-state index in [0.717, 1.165) is 41.1 Å². The highest BCUT2D eigenvalue weighted by molar-refractivity contribution is 5.93. The monoisotopic (exact) mass is 452 g/mol. The molecule has 0 aliphatic heterocycles. The van der Waals surface area contributed by atoms with Gasteiger partial charge in [0.2, 0.25) is 0 Å². The molecule has 1 N–H and O–H groups in total. The lowest BCUT2D eigenvalue weighted by Crippen LogP contribution is -2.30. The zero-order chi connectivity index (χ0) is 24.9. The Morgan fingerprint density at radius 3 is 2.21 bits per heavy atom. The normalized spacial score (nSPS) is 12.3. The average Bonchev–Trinajstić information content (AvgIpc) is 3.26. The number of hydrogen-bond donors (Lipinski definition) is 1. The third-order valence-corrected chi connectivity index (χ3v) is 6.86. The molecule has 0 unspecified atom stereocenters. The third-order valence-electron chi connectivity index (χ3n) is 6.86. The number of pyridine rings is 1. The molecule has 3 aromatic rings. The highest BCUT2D eigenvalue weighted by atomic mass is 16.5. The first-order valence-electron chi connectivity index (χ1n) is 12.0. The molecule has 4 nitrogen and oxygen atoms in total. The molecule has 1 aromatic carbocycles. The topological polar surface area (TPSA) is 47.3 Å². The van der Waals surface area contributed by atoms with Crippen molar-refractivity contribution >= 4 is 16.6 Å². The van der Waals surface area contributed by atoms with Gasteiger partial charge in [0.1, 0.15) is 11.5 Å². The van der Waals surface area contributed by atoms with Crippen molar-refractivity contribution in [2.24, 2.45) is 10.8 Å². The van der Waals surface area contributed by atoms with Gasteiger partial charge in [-0.1, -0.05) is 55.4 Å². The van der Waals surface area contributed by atoms with Crippen molar-refractivity contribution in [1.82, 2.24) is 4.98 Å². The maximum Gasteiger partial charge on any atom is 0.121 e. The van der Waals surface area contributed by atoms with E-state index in [1.807, 2.05) is 30.5 Å². The molecule has 0 spiro atoms. The molecular formula is C29H44N2O2. The summed E-state index contributed by atoms with van der Waals surface area (Å²) in [6.07, 6.45) is 5.91. The predicted octanol–water partition coefficient (Wildman–Crippen LogP) is 8.39. The molecule has 2 aromatic heterocycles. The minimum Gasteiger partial charge on any atom is -0.497 e. The van der Waals surface area contributed by atoms with E-state index in [9.17, 15) is 0 Å². The first-order chi connectivity index (χ1) is 15.3. The quantitative estimate of drug-likeness (QED) is 0.381. The molecular weight excluding hydrogens is 408 g/mol. The van der Waals surface area contributed by atoms with Gasteiger partial charge in [0.05, 0.1) is 24.6 Å². The summed E-state index contributed by atoms with van der Waals surface area (Å²) in [6.45, 7) is 21.1. The van der Waals surface area contributed by atoms with Crippen LogP contribution in [0, 0.1) is 17.8 Å². The van der Waals surface area contributed by atoms with E-state index in [1.165, 1.54) is 12.0 Å². The standard InChI is InChI=1S/C21H32N2O.C8H12O/c1-15-9-12-23-19-17(15)13-16(24-7)14-18(19)22-11-8-10-21(5,6)20(2,3)4;1-8(2,3)7-5-4-6-9-7/h9,12-14,22H,8,10-11H2,1-7H3;4-6H,1-3H3. The minimum absolute atomic E-state index is 0.156. The molecule has 0 atom stereocenters. The van der Waals surface area contributed by atoms with E-state index in [2.05, 4.69) is 78.7 Å². The van der Waals surface area contributed by atoms with Crippen molar-refractivity contribution in [3.05, 3.63) is 54.1 Å². The lowest BCUT2D eigenvalue weighted by Gasteiger charge is -2.39. The van der Waals surface area contributed by atoms with Crippen molar-refractivity contribution in [1.29, 1.82) is 0 Å². The van der Waals surface area contributed by atoms with Crippen molar-refractivity contribution < 1.29 is 9.15 Å². The van der Waals surface area contributed by atoms with Gasteiger partial charge in [-0.05, 0) is 60.4 Å². The molecule has 0 amide bonds. The maximum absolute atomic E-state index is 5.46. The second kappa shape index (κ2) is 10.6. The summed E-state index contributed by atoms with van der Waals surface area (Å²) >= 11 is 0. The Morgan fingerprint density at radius 2 is 1.70 bits per heavy atom. The largest absolute Gasteiger partial charge is 0.497 e. The number of nitrogens with one attached hydrogen (secondary N) is 1. The van der Waals surface area contributed by atoms with Gasteiger partial charge in [-0.2, -0.15) is 0 Å². The second-order valence-corrected chi connectivity index (χ2v) is 11.6. The lowest BCUT2D eigenvalue weighted by molar-refractivity contribution is 0.118. The van der Waals surface area contributed by atoms with Crippen LogP contribution >= 0.6 is 0 Å². The van der Waals surface area contributed by atoms with E-state index in [1.54, 1.807) is 13.4 Å². The number of rotatable bonds is 6. The fraction of sp³-hybridized carbons (Fsp3) is 0.552. The van der Waals surface area contributed by atoms with Crippen molar-refractivity contribution in [2.45, 2.75) is 80.6 Å². The van der Waals surface area contributed by atoms with Crippen LogP contribution in [0.3, 0.4) is 0 Å². The molecule has 182 valence electrons. The number of fused-ring (bicyclic) bond motifs is 1. The summed E-state index contributed by atoms with van der Waals surface area (Å²) in [5, 5.41) is 4.72. The highest BCUT2D eigenvalue weighted by Gasteiger charge is 2.31. The molecule has 0 saturated heterocycles. The van der Waals surface area contributed by atoms with E-state index >= 15 is 0 Å². The van der Waals surface area contributed by atoms with Crippen LogP contribution in [0.15, 0.2) is 47.2 Å². The molecule has 0 radical (unpaired) electrons. The molecule has 4 heteroatoms. The Hall–Kier alpha value is -2.49. The molecule has 0 fully saturated rings. The first-order valence-corrected chi connectivity index (χ1v) is 12.0. The number of methoxy groups -OCH3 is 1. The van der Waals surface area contributed by atoms with Gasteiger partial charge in [0.15, 0.2) is 0 Å². The minimum atomic E-state index is 0.156. The van der Waals surface area contributed by atoms with E-state index < -0.39 is 0 Å². The van der Waals surface area contributed by atoms with Gasteiger partial charge >= 0.3 is 0 Å². The smallest absolute Gasteiger partial charge is 0.121 e. The highest BCUT2D eigenvalue weighted by Crippen LogP contribution is 2.41. The fourth-order valence-corrected chi connectivity index (χ4v) is 3.45. The zero-order valence-electron chi connectivity index (χ0n) is 22.4. The van der Waals surface area contributed by atoms with Crippen LogP contribution in [-0.4, -0.2) is 18.6 Å². The summed E-state index contributed by atoms with van der Waals surface area (Å²) in [5.74, 6) is 1.92. The third kappa shape index (κ3) is 7.25. The van der Waals surface area contributed by atoms with Gasteiger partial charge in [0, 0.05) is 29.6 Å². The number of benzene rings is 1. The van der Waals surface area contributed by atoms with Gasteiger partial charge < -0.3 is 14.5 Å². The van der Waals surface area contributed by atoms with Crippen molar-refractivity contribution in [3.8, 4) is 5.75 Å². The summed E-state index contributed by atoms with van der Waals surface area (Å²) in [7, 11) is 1.71.